The third-order valence-corrected chi connectivity index (χ3v) is 3.66. The molecule has 0 amide bonds. The van der Waals surface area contributed by atoms with Crippen molar-refractivity contribution in [2.45, 2.75) is 0 Å². The first-order valence-electron chi connectivity index (χ1n) is 7.18. The molecular weight excluding hydrogens is 343 g/mol. The number of hydrogen-bond donors (Lipinski definition) is 1. The van der Waals surface area contributed by atoms with Gasteiger partial charge in [-0.15, -0.1) is 0 Å². The summed E-state index contributed by atoms with van der Waals surface area (Å²) in [6, 6.07) is 18.2. The molecule has 0 aliphatic heterocycles. The molecule has 25 heavy (non-hydrogen) atoms. The van der Waals surface area contributed by atoms with Crippen molar-refractivity contribution in [2.24, 2.45) is 0 Å². The molecule has 0 aliphatic carbocycles. The van der Waals surface area contributed by atoms with Gasteiger partial charge >= 0.3 is 29.6 Å². The molecule has 2 aromatic carbocycles. The van der Waals surface area contributed by atoms with Gasteiger partial charge in [0.25, 0.3) is 10.1 Å². The van der Waals surface area contributed by atoms with Crippen LogP contribution in [0.5, 0.6) is 0 Å². The Hall–Kier alpha value is -1.69. The quantitative estimate of drug-likeness (QED) is 0.488. The molecule has 0 heterocycles. The zero-order chi connectivity index (χ0) is 17.8. The van der Waals surface area contributed by atoms with E-state index < -0.39 is 10.1 Å². The van der Waals surface area contributed by atoms with Crippen molar-refractivity contribution in [3.05, 3.63) is 108 Å². The molecule has 1 N–H and O–H groups in total. The van der Waals surface area contributed by atoms with Crippen molar-refractivity contribution in [2.75, 3.05) is 0 Å². The van der Waals surface area contributed by atoms with Gasteiger partial charge in [0.05, 0.1) is 4.91 Å². The summed E-state index contributed by atoms with van der Waals surface area (Å²) >= 11 is 0. The van der Waals surface area contributed by atoms with E-state index in [1.54, 1.807) is 42.5 Å². The molecule has 0 atom stereocenters. The number of rotatable bonds is 5. The first-order chi connectivity index (χ1) is 11.5. The fraction of sp³-hybridized carbons (Fsp3) is 0. The van der Waals surface area contributed by atoms with Gasteiger partial charge in [-0.05, 0) is 23.3 Å². The molecule has 0 saturated carbocycles. The fourth-order valence-electron chi connectivity index (χ4n) is 1.66. The second kappa shape index (κ2) is 12.6. The molecule has 0 unspecified atom stereocenters. The average Bonchev–Trinajstić information content (AvgIpc) is 2.59. The van der Waals surface area contributed by atoms with E-state index in [0.717, 1.165) is 5.56 Å². The van der Waals surface area contributed by atoms with Crippen molar-refractivity contribution in [1.82, 2.24) is 0 Å². The van der Waals surface area contributed by atoms with Crippen molar-refractivity contribution < 1.29 is 13.0 Å². The van der Waals surface area contributed by atoms with E-state index in [1.165, 1.54) is 12.2 Å². The first-order valence-corrected chi connectivity index (χ1v) is 8.62. The van der Waals surface area contributed by atoms with Crippen molar-refractivity contribution in [3.63, 3.8) is 0 Å². The van der Waals surface area contributed by atoms with Crippen LogP contribution in [0.15, 0.2) is 97.0 Å². The van der Waals surface area contributed by atoms with Crippen LogP contribution in [0.1, 0.15) is 11.1 Å². The Balaban J connectivity index is 0.00000104. The Labute approximate surface area is 172 Å². The zero-order valence-corrected chi connectivity index (χ0v) is 14.1. The van der Waals surface area contributed by atoms with E-state index in [0.29, 0.717) is 5.56 Å². The van der Waals surface area contributed by atoms with Crippen LogP contribution in [0, 0.1) is 0 Å². The van der Waals surface area contributed by atoms with E-state index in [4.69, 9.17) is 0 Å². The predicted molar refractivity (Wildman–Crippen MR) is 109 cm³/mol. The predicted octanol–water partition coefficient (Wildman–Crippen LogP) is 4.34. The van der Waals surface area contributed by atoms with Gasteiger partial charge in [-0.2, -0.15) is 8.42 Å². The summed E-state index contributed by atoms with van der Waals surface area (Å²) in [5, 5.41) is 0. The SMILES string of the molecule is C=CC=C.O=S(=O)(O)C(C=Cc1ccccc1)=Cc1ccccc1.[NaH]. The third-order valence-electron chi connectivity index (χ3n) is 2.81. The fourth-order valence-corrected chi connectivity index (χ4v) is 2.19. The Bertz CT molecular complexity index is 803. The molecule has 0 fully saturated rings. The van der Waals surface area contributed by atoms with Gasteiger partial charge in [0, 0.05) is 0 Å². The molecule has 2 aromatic rings. The molecule has 0 aliphatic rings. The Morgan fingerprint density at radius 2 is 1.28 bits per heavy atom. The zero-order valence-electron chi connectivity index (χ0n) is 13.2. The molecule has 126 valence electrons. The van der Waals surface area contributed by atoms with Crippen LogP contribution in [0.3, 0.4) is 0 Å². The normalized spacial score (nSPS) is 11.0. The van der Waals surface area contributed by atoms with Crippen LogP contribution >= 0.6 is 0 Å². The van der Waals surface area contributed by atoms with E-state index in [9.17, 15) is 13.0 Å². The van der Waals surface area contributed by atoms with Crippen molar-refractivity contribution in [1.29, 1.82) is 0 Å². The van der Waals surface area contributed by atoms with Crippen molar-refractivity contribution >= 4 is 51.8 Å². The minimum atomic E-state index is -4.26. The second-order valence-electron chi connectivity index (χ2n) is 4.65. The topological polar surface area (TPSA) is 54.4 Å². The molecule has 0 aromatic heterocycles. The van der Waals surface area contributed by atoms with Crippen LogP contribution in [-0.4, -0.2) is 42.5 Å². The van der Waals surface area contributed by atoms with Gasteiger partial charge in [-0.1, -0.05) is 92.0 Å². The Morgan fingerprint density at radius 1 is 0.840 bits per heavy atom. The summed E-state index contributed by atoms with van der Waals surface area (Å²) in [5.74, 6) is 0. The van der Waals surface area contributed by atoms with Gasteiger partial charge in [-0.3, -0.25) is 4.55 Å². The van der Waals surface area contributed by atoms with E-state index >= 15 is 0 Å². The summed E-state index contributed by atoms with van der Waals surface area (Å²) in [6.07, 6.45) is 7.73. The molecule has 2 rings (SSSR count). The van der Waals surface area contributed by atoms with E-state index in [1.807, 2.05) is 36.4 Å². The molecule has 0 radical (unpaired) electrons. The van der Waals surface area contributed by atoms with Gasteiger partial charge in [-0.25, -0.2) is 0 Å². The Morgan fingerprint density at radius 3 is 1.68 bits per heavy atom. The molecule has 0 saturated heterocycles. The summed E-state index contributed by atoms with van der Waals surface area (Å²) in [7, 11) is -4.26. The minimum absolute atomic E-state index is 0. The summed E-state index contributed by atoms with van der Waals surface area (Å²) in [5.41, 5.74) is 1.56. The Kier molecular flexibility index (Phi) is 11.8. The maximum absolute atomic E-state index is 11.4. The molecular formula is C20H21NaO3S. The van der Waals surface area contributed by atoms with Gasteiger partial charge in [0.1, 0.15) is 0 Å². The third kappa shape index (κ3) is 10.0. The van der Waals surface area contributed by atoms with Gasteiger partial charge in [0.15, 0.2) is 0 Å². The summed E-state index contributed by atoms with van der Waals surface area (Å²) in [6.45, 7) is 6.72. The van der Waals surface area contributed by atoms with Gasteiger partial charge < -0.3 is 0 Å². The second-order valence-corrected chi connectivity index (χ2v) is 6.07. The first kappa shape index (κ1) is 23.3. The van der Waals surface area contributed by atoms with Crippen molar-refractivity contribution in [3.8, 4) is 0 Å². The van der Waals surface area contributed by atoms with Crippen LogP contribution < -0.4 is 0 Å². The standard InChI is InChI=1S/C16H14O3S.C4H6.Na.H/c17-20(18,19)16(13-15-9-5-2-6-10-15)12-11-14-7-3-1-4-8-14;1-3-4-2;;/h1-13H,(H,17,18,19);3-4H,1-2H2;;. The van der Waals surface area contributed by atoms with E-state index in [-0.39, 0.29) is 34.5 Å². The number of hydrogen-bond acceptors (Lipinski definition) is 2. The number of benzene rings is 2. The molecule has 0 spiro atoms. The molecule has 0 bridgehead atoms. The summed E-state index contributed by atoms with van der Waals surface area (Å²) < 4.78 is 32.1. The molecule has 3 nitrogen and oxygen atoms in total. The maximum atomic E-state index is 11.4. The van der Waals surface area contributed by atoms with Crippen LogP contribution in [0.4, 0.5) is 0 Å². The molecule has 5 heteroatoms. The van der Waals surface area contributed by atoms with E-state index in [2.05, 4.69) is 13.2 Å². The average molecular weight is 364 g/mol. The number of allylic oxidation sites excluding steroid dienone is 3. The van der Waals surface area contributed by atoms with Gasteiger partial charge in [0.2, 0.25) is 0 Å². The van der Waals surface area contributed by atoms with Crippen LogP contribution in [-0.2, 0) is 10.1 Å². The van der Waals surface area contributed by atoms with Crippen LogP contribution in [0.25, 0.3) is 12.2 Å². The van der Waals surface area contributed by atoms with Crippen LogP contribution in [0.2, 0.25) is 0 Å². The summed E-state index contributed by atoms with van der Waals surface area (Å²) in [4.78, 5) is -0.146. The monoisotopic (exact) mass is 364 g/mol.